The lowest BCUT2D eigenvalue weighted by Crippen LogP contribution is -1.55. The third-order valence-electron chi connectivity index (χ3n) is 0.428. The van der Waals surface area contributed by atoms with E-state index in [2.05, 4.69) is 10.9 Å². The summed E-state index contributed by atoms with van der Waals surface area (Å²) >= 11 is 0. The Hall–Kier alpha value is -0.510. The molecule has 0 fully saturated rings. The predicted octanol–water partition coefficient (Wildman–Crippen LogP) is 1.75. The highest BCUT2D eigenvalue weighted by Gasteiger charge is 1.72. The zero-order valence-electron chi connectivity index (χ0n) is 4.36. The second kappa shape index (κ2) is 4.49. The Morgan fingerprint density at radius 1 is 1.50 bits per heavy atom. The van der Waals surface area contributed by atoms with Gasteiger partial charge in [-0.15, -0.1) is 0 Å². The summed E-state index contributed by atoms with van der Waals surface area (Å²) < 4.78 is 0. The van der Waals surface area contributed by atoms with E-state index >= 15 is 0 Å². The molecule has 0 radical (unpaired) electrons. The highest BCUT2D eigenvalue weighted by molar-refractivity contribution is 4.82. The largest absolute Gasteiger partial charge is 0.272 e. The molecular weight excluding hydrogens is 74.1 g/mol. The number of hydrogen-bond acceptors (Lipinski definition) is 0. The van der Waals surface area contributed by atoms with E-state index in [4.69, 9.17) is 0 Å². The van der Waals surface area contributed by atoms with Crippen LogP contribution in [0.4, 0.5) is 0 Å². The van der Waals surface area contributed by atoms with Gasteiger partial charge in [0.05, 0.1) is 6.42 Å². The fourth-order valence-corrected chi connectivity index (χ4v) is 0.224. The minimum absolute atomic E-state index is 0.869. The number of rotatable bonds is 0. The smallest absolute Gasteiger partial charge is 0.0841 e. The summed E-state index contributed by atoms with van der Waals surface area (Å²) in [5, 5.41) is 0. The molecule has 0 spiro atoms. The molecule has 0 amide bonds. The molecule has 0 saturated heterocycles. The van der Waals surface area contributed by atoms with Crippen LogP contribution in [0.1, 0.15) is 20.3 Å². The maximum Gasteiger partial charge on any atom is 0.272 e. The molecule has 0 heterocycles. The summed E-state index contributed by atoms with van der Waals surface area (Å²) in [5.74, 6) is 0. The lowest BCUT2D eigenvalue weighted by Gasteiger charge is -1.50. The SMILES string of the molecule is CCC#[N+]CC. The molecule has 34 valence electrons. The molecule has 0 bridgehead atoms. The zero-order valence-corrected chi connectivity index (χ0v) is 4.36. The first-order valence-electron chi connectivity index (χ1n) is 2.31. The van der Waals surface area contributed by atoms with Crippen molar-refractivity contribution in [3.63, 3.8) is 0 Å². The fourth-order valence-electron chi connectivity index (χ4n) is 0.224. The second-order valence-electron chi connectivity index (χ2n) is 0.986. The summed E-state index contributed by atoms with van der Waals surface area (Å²) in [4.78, 5) is 3.84. The van der Waals surface area contributed by atoms with Crippen LogP contribution in [0.2, 0.25) is 0 Å². The van der Waals surface area contributed by atoms with Gasteiger partial charge in [-0.2, -0.15) is 0 Å². The van der Waals surface area contributed by atoms with Crippen molar-refractivity contribution in [3.8, 4) is 6.07 Å². The number of hydrogen-bond donors (Lipinski definition) is 0. The van der Waals surface area contributed by atoms with E-state index in [9.17, 15) is 0 Å². The Labute approximate surface area is 38.8 Å². The molecule has 0 aromatic rings. The third-order valence-corrected chi connectivity index (χ3v) is 0.428. The van der Waals surface area contributed by atoms with E-state index < -0.39 is 0 Å². The van der Waals surface area contributed by atoms with E-state index in [1.807, 2.05) is 13.8 Å². The van der Waals surface area contributed by atoms with Crippen molar-refractivity contribution >= 4 is 0 Å². The van der Waals surface area contributed by atoms with E-state index in [0.717, 1.165) is 13.0 Å². The van der Waals surface area contributed by atoms with Gasteiger partial charge >= 0.3 is 0 Å². The molecule has 1 heteroatoms. The first kappa shape index (κ1) is 5.49. The van der Waals surface area contributed by atoms with Crippen LogP contribution in [0.3, 0.4) is 0 Å². The van der Waals surface area contributed by atoms with Gasteiger partial charge in [0.25, 0.3) is 12.6 Å². The molecule has 0 unspecified atom stereocenters. The van der Waals surface area contributed by atoms with E-state index in [1.165, 1.54) is 0 Å². The minimum Gasteiger partial charge on any atom is -0.0841 e. The highest BCUT2D eigenvalue weighted by Crippen LogP contribution is 1.69. The molecule has 6 heavy (non-hydrogen) atoms. The fraction of sp³-hybridized carbons (Fsp3) is 0.800. The molecule has 0 aliphatic heterocycles. The summed E-state index contributed by atoms with van der Waals surface area (Å²) in [5.41, 5.74) is 0. The van der Waals surface area contributed by atoms with Crippen molar-refractivity contribution in [1.82, 2.24) is 0 Å². The lowest BCUT2D eigenvalue weighted by molar-refractivity contribution is 1.25. The van der Waals surface area contributed by atoms with E-state index in [1.54, 1.807) is 0 Å². The van der Waals surface area contributed by atoms with Gasteiger partial charge in [0.2, 0.25) is 0 Å². The third kappa shape index (κ3) is 3.49. The number of nitrogens with zero attached hydrogens (tertiary/aromatic N) is 1. The summed E-state index contributed by atoms with van der Waals surface area (Å²) in [6.07, 6.45) is 0.938. The average Bonchev–Trinajstić information content (AvgIpc) is 1.61. The summed E-state index contributed by atoms with van der Waals surface area (Å²) in [7, 11) is 0. The average molecular weight is 84.1 g/mol. The Bertz CT molecular complexity index is 57.7. The van der Waals surface area contributed by atoms with Crippen molar-refractivity contribution in [1.29, 1.82) is 0 Å². The molecule has 1 nitrogen and oxygen atoms in total. The van der Waals surface area contributed by atoms with Crippen molar-refractivity contribution in [2.75, 3.05) is 6.54 Å². The molecular formula is C5H10N+. The zero-order chi connectivity index (χ0) is 4.83. The first-order chi connectivity index (χ1) is 2.91. The standard InChI is InChI=1S/C5H10N/c1-3-5-6-4-2/h3-4H2,1-2H3/q+1. The van der Waals surface area contributed by atoms with Gasteiger partial charge in [0.15, 0.2) is 0 Å². The highest BCUT2D eigenvalue weighted by atomic mass is 14.6. The van der Waals surface area contributed by atoms with Gasteiger partial charge in [-0.05, 0) is 6.92 Å². The van der Waals surface area contributed by atoms with Crippen LogP contribution in [0, 0.1) is 6.07 Å². The van der Waals surface area contributed by atoms with E-state index in [-0.39, 0.29) is 0 Å². The normalized spacial score (nSPS) is 6.33. The van der Waals surface area contributed by atoms with E-state index in [0.29, 0.717) is 0 Å². The van der Waals surface area contributed by atoms with Crippen LogP contribution in [0.25, 0.3) is 4.85 Å². The van der Waals surface area contributed by atoms with Crippen LogP contribution in [0.15, 0.2) is 0 Å². The van der Waals surface area contributed by atoms with Gasteiger partial charge in [-0.25, -0.2) is 0 Å². The minimum atomic E-state index is 0.869. The van der Waals surface area contributed by atoms with Crippen molar-refractivity contribution in [3.05, 3.63) is 4.85 Å². The van der Waals surface area contributed by atoms with Gasteiger partial charge in [0.1, 0.15) is 0 Å². The maximum atomic E-state index is 3.84. The molecule has 0 saturated carbocycles. The molecule has 0 atom stereocenters. The Morgan fingerprint density at radius 3 is 2.33 bits per heavy atom. The Kier molecular flexibility index (Phi) is 4.11. The van der Waals surface area contributed by atoms with Gasteiger partial charge in [-0.3, -0.25) is 0 Å². The van der Waals surface area contributed by atoms with Gasteiger partial charge in [0, 0.05) is 6.92 Å². The van der Waals surface area contributed by atoms with Crippen LogP contribution >= 0.6 is 0 Å². The Balaban J connectivity index is 2.90. The molecule has 0 aliphatic carbocycles. The van der Waals surface area contributed by atoms with Crippen molar-refractivity contribution < 1.29 is 0 Å². The Morgan fingerprint density at radius 2 is 2.17 bits per heavy atom. The van der Waals surface area contributed by atoms with Crippen LogP contribution in [0.5, 0.6) is 0 Å². The van der Waals surface area contributed by atoms with Gasteiger partial charge < -0.3 is 0 Å². The molecule has 0 aliphatic rings. The topological polar surface area (TPSA) is 4.36 Å². The monoisotopic (exact) mass is 84.1 g/mol. The first-order valence-corrected chi connectivity index (χ1v) is 2.31. The van der Waals surface area contributed by atoms with Crippen molar-refractivity contribution in [2.24, 2.45) is 0 Å². The second-order valence-corrected chi connectivity index (χ2v) is 0.986. The predicted molar refractivity (Wildman–Crippen MR) is 28.1 cm³/mol. The lowest BCUT2D eigenvalue weighted by atomic mass is 10.6. The molecule has 0 rings (SSSR count). The van der Waals surface area contributed by atoms with Crippen LogP contribution in [-0.4, -0.2) is 6.54 Å². The molecule has 0 N–H and O–H groups in total. The molecule has 0 aromatic carbocycles. The summed E-state index contributed by atoms with van der Waals surface area (Å²) in [6.45, 7) is 4.90. The van der Waals surface area contributed by atoms with Gasteiger partial charge in [-0.1, -0.05) is 4.85 Å². The summed E-state index contributed by atoms with van der Waals surface area (Å²) in [6, 6.07) is 2.82. The van der Waals surface area contributed by atoms with Crippen LogP contribution in [-0.2, 0) is 0 Å². The maximum absolute atomic E-state index is 3.84. The van der Waals surface area contributed by atoms with Crippen LogP contribution < -0.4 is 0 Å². The van der Waals surface area contributed by atoms with Crippen molar-refractivity contribution in [2.45, 2.75) is 20.3 Å². The quantitative estimate of drug-likeness (QED) is 0.421. The molecule has 0 aromatic heterocycles.